The van der Waals surface area contributed by atoms with Crippen molar-refractivity contribution in [3.05, 3.63) is 52.5 Å². The van der Waals surface area contributed by atoms with Crippen LogP contribution >= 0.6 is 23.2 Å². The van der Waals surface area contributed by atoms with Crippen molar-refractivity contribution in [2.24, 2.45) is 0 Å². The van der Waals surface area contributed by atoms with Gasteiger partial charge in [0.25, 0.3) is 0 Å². The molecule has 1 aromatic heterocycles. The molecular formula is C15H17Cl2N3O. The molecule has 0 saturated heterocycles. The summed E-state index contributed by atoms with van der Waals surface area (Å²) in [5.74, 6) is -0.449. The van der Waals surface area contributed by atoms with Crippen molar-refractivity contribution in [1.82, 2.24) is 14.9 Å². The fraction of sp³-hybridized carbons (Fsp3) is 0.333. The minimum absolute atomic E-state index is 0.0735. The third kappa shape index (κ3) is 4.22. The van der Waals surface area contributed by atoms with E-state index in [-0.39, 0.29) is 11.8 Å². The van der Waals surface area contributed by atoms with Crippen molar-refractivity contribution < 1.29 is 4.79 Å². The number of imidazole rings is 1. The lowest BCUT2D eigenvalue weighted by atomic mass is 10.00. The van der Waals surface area contributed by atoms with Crippen molar-refractivity contribution in [2.45, 2.75) is 25.8 Å². The maximum Gasteiger partial charge on any atom is 0.227 e. The lowest BCUT2D eigenvalue weighted by Crippen LogP contribution is -2.29. The molecule has 1 amide bonds. The zero-order chi connectivity index (χ0) is 15.2. The zero-order valence-corrected chi connectivity index (χ0v) is 13.2. The van der Waals surface area contributed by atoms with Crippen molar-refractivity contribution in [1.29, 1.82) is 0 Å². The van der Waals surface area contributed by atoms with Gasteiger partial charge in [-0.25, -0.2) is 4.98 Å². The lowest BCUT2D eigenvalue weighted by molar-refractivity contribution is -0.122. The van der Waals surface area contributed by atoms with Crippen LogP contribution in [0.2, 0.25) is 10.0 Å². The van der Waals surface area contributed by atoms with Crippen molar-refractivity contribution in [3.8, 4) is 0 Å². The van der Waals surface area contributed by atoms with Gasteiger partial charge in [0.2, 0.25) is 5.91 Å². The molecule has 0 aliphatic heterocycles. The summed E-state index contributed by atoms with van der Waals surface area (Å²) < 4.78 is 1.97. The second kappa shape index (κ2) is 7.48. The van der Waals surface area contributed by atoms with Gasteiger partial charge in [-0.2, -0.15) is 0 Å². The van der Waals surface area contributed by atoms with Gasteiger partial charge in [0.15, 0.2) is 0 Å². The van der Waals surface area contributed by atoms with E-state index in [1.54, 1.807) is 37.6 Å². The number of carbonyl (C=O) groups excluding carboxylic acids is 1. The Hall–Kier alpha value is -1.52. The van der Waals surface area contributed by atoms with E-state index in [9.17, 15) is 4.79 Å². The maximum atomic E-state index is 12.2. The number of carbonyl (C=O) groups is 1. The quantitative estimate of drug-likeness (QED) is 0.826. The number of amides is 1. The van der Waals surface area contributed by atoms with Crippen LogP contribution in [0, 0.1) is 0 Å². The Morgan fingerprint density at radius 1 is 1.38 bits per heavy atom. The van der Waals surface area contributed by atoms with E-state index in [4.69, 9.17) is 23.2 Å². The minimum atomic E-state index is -0.376. The second-order valence-electron chi connectivity index (χ2n) is 4.80. The average molecular weight is 326 g/mol. The number of rotatable bonds is 6. The van der Waals surface area contributed by atoms with E-state index in [2.05, 4.69) is 10.3 Å². The summed E-state index contributed by atoms with van der Waals surface area (Å²) in [7, 11) is 0. The molecule has 2 aromatic rings. The van der Waals surface area contributed by atoms with Gasteiger partial charge in [0.1, 0.15) is 0 Å². The number of nitrogens with one attached hydrogen (secondary N) is 1. The molecule has 1 atom stereocenters. The Morgan fingerprint density at radius 3 is 2.71 bits per heavy atom. The standard InChI is InChI=1S/C15H17Cl2N3O/c1-11(14-12(16)4-2-5-13(14)17)15(21)19-6-3-8-20-9-7-18-10-20/h2,4-5,7,9-11H,3,6,8H2,1H3,(H,19,21). The van der Waals surface area contributed by atoms with Crippen LogP contribution in [0.4, 0.5) is 0 Å². The van der Waals surface area contributed by atoms with Crippen LogP contribution < -0.4 is 5.32 Å². The Balaban J connectivity index is 1.85. The highest BCUT2D eigenvalue weighted by molar-refractivity contribution is 6.36. The fourth-order valence-electron chi connectivity index (χ4n) is 2.10. The van der Waals surface area contributed by atoms with Crippen LogP contribution in [0.3, 0.4) is 0 Å². The van der Waals surface area contributed by atoms with E-state index in [1.165, 1.54) is 0 Å². The zero-order valence-electron chi connectivity index (χ0n) is 11.7. The van der Waals surface area contributed by atoms with Crippen molar-refractivity contribution >= 4 is 29.1 Å². The highest BCUT2D eigenvalue weighted by atomic mass is 35.5. The molecule has 0 aliphatic carbocycles. The molecule has 0 fully saturated rings. The summed E-state index contributed by atoms with van der Waals surface area (Å²) in [6.07, 6.45) is 6.23. The molecule has 1 unspecified atom stereocenters. The van der Waals surface area contributed by atoms with E-state index in [1.807, 2.05) is 10.8 Å². The summed E-state index contributed by atoms with van der Waals surface area (Å²) in [4.78, 5) is 16.1. The number of halogens is 2. The van der Waals surface area contributed by atoms with Gasteiger partial charge in [-0.05, 0) is 25.5 Å². The minimum Gasteiger partial charge on any atom is -0.356 e. The van der Waals surface area contributed by atoms with Crippen LogP contribution in [0.15, 0.2) is 36.9 Å². The molecule has 0 spiro atoms. The monoisotopic (exact) mass is 325 g/mol. The van der Waals surface area contributed by atoms with E-state index in [0.29, 0.717) is 22.2 Å². The van der Waals surface area contributed by atoms with Crippen LogP contribution in [0.1, 0.15) is 24.8 Å². The first kappa shape index (κ1) is 15.9. The van der Waals surface area contributed by atoms with E-state index < -0.39 is 0 Å². The molecule has 0 aliphatic rings. The van der Waals surface area contributed by atoms with E-state index in [0.717, 1.165) is 13.0 Å². The Labute approximate surface area is 134 Å². The largest absolute Gasteiger partial charge is 0.356 e. The van der Waals surface area contributed by atoms with Crippen LogP contribution in [-0.4, -0.2) is 22.0 Å². The molecule has 21 heavy (non-hydrogen) atoms. The molecule has 6 heteroatoms. The second-order valence-corrected chi connectivity index (χ2v) is 5.62. The molecule has 1 N–H and O–H groups in total. The molecule has 0 bridgehead atoms. The van der Waals surface area contributed by atoms with Gasteiger partial charge in [-0.15, -0.1) is 0 Å². The van der Waals surface area contributed by atoms with Gasteiger partial charge in [-0.3, -0.25) is 4.79 Å². The number of nitrogens with zero attached hydrogens (tertiary/aromatic N) is 2. The first-order valence-corrected chi connectivity index (χ1v) is 7.52. The molecule has 1 heterocycles. The highest BCUT2D eigenvalue weighted by Crippen LogP contribution is 2.31. The number of hydrogen-bond donors (Lipinski definition) is 1. The predicted molar refractivity (Wildman–Crippen MR) is 84.7 cm³/mol. The molecule has 0 radical (unpaired) electrons. The van der Waals surface area contributed by atoms with Crippen molar-refractivity contribution in [3.63, 3.8) is 0 Å². The lowest BCUT2D eigenvalue weighted by Gasteiger charge is -2.15. The summed E-state index contributed by atoms with van der Waals surface area (Å²) >= 11 is 12.2. The Bertz CT molecular complexity index is 579. The molecule has 4 nitrogen and oxygen atoms in total. The van der Waals surface area contributed by atoms with Crippen LogP contribution in [0.25, 0.3) is 0 Å². The van der Waals surface area contributed by atoms with Gasteiger partial charge in [0, 0.05) is 41.1 Å². The SMILES string of the molecule is CC(C(=O)NCCCn1ccnc1)c1c(Cl)cccc1Cl. The number of aryl methyl sites for hydroxylation is 1. The summed E-state index contributed by atoms with van der Waals surface area (Å²) in [5.41, 5.74) is 0.674. The topological polar surface area (TPSA) is 46.9 Å². The third-order valence-electron chi connectivity index (χ3n) is 3.28. The molecule has 112 valence electrons. The number of benzene rings is 1. The van der Waals surface area contributed by atoms with Crippen LogP contribution in [-0.2, 0) is 11.3 Å². The van der Waals surface area contributed by atoms with Gasteiger partial charge in [-0.1, -0.05) is 29.3 Å². The molecule has 1 aromatic carbocycles. The van der Waals surface area contributed by atoms with Gasteiger partial charge >= 0.3 is 0 Å². The summed E-state index contributed by atoms with van der Waals surface area (Å²) in [6.45, 7) is 3.23. The van der Waals surface area contributed by atoms with E-state index >= 15 is 0 Å². The first-order chi connectivity index (χ1) is 10.1. The maximum absolute atomic E-state index is 12.2. The fourth-order valence-corrected chi connectivity index (χ4v) is 2.83. The third-order valence-corrected chi connectivity index (χ3v) is 3.94. The summed E-state index contributed by atoms with van der Waals surface area (Å²) in [5, 5.41) is 3.94. The number of aromatic nitrogens is 2. The normalized spacial score (nSPS) is 12.1. The first-order valence-electron chi connectivity index (χ1n) is 6.77. The summed E-state index contributed by atoms with van der Waals surface area (Å²) in [6, 6.07) is 5.25. The van der Waals surface area contributed by atoms with Crippen molar-refractivity contribution in [2.75, 3.05) is 6.54 Å². The molecule has 2 rings (SSSR count). The number of hydrogen-bond acceptors (Lipinski definition) is 2. The Kier molecular flexibility index (Phi) is 5.65. The van der Waals surface area contributed by atoms with Crippen LogP contribution in [0.5, 0.6) is 0 Å². The smallest absolute Gasteiger partial charge is 0.227 e. The highest BCUT2D eigenvalue weighted by Gasteiger charge is 2.20. The molecule has 0 saturated carbocycles. The predicted octanol–water partition coefficient (Wildman–Crippen LogP) is 3.50. The average Bonchev–Trinajstić information content (AvgIpc) is 2.96. The van der Waals surface area contributed by atoms with Gasteiger partial charge in [0.05, 0.1) is 12.2 Å². The molecular weight excluding hydrogens is 309 g/mol. The van der Waals surface area contributed by atoms with Gasteiger partial charge < -0.3 is 9.88 Å². The Morgan fingerprint density at radius 2 is 2.10 bits per heavy atom.